The molecule has 6 heteroatoms. The molecular weight excluding hydrogens is 292 g/mol. The van der Waals surface area contributed by atoms with Crippen LogP contribution in [0.3, 0.4) is 0 Å². The number of nitriles is 1. The molecule has 0 spiro atoms. The fourth-order valence-corrected chi connectivity index (χ4v) is 2.23. The van der Waals surface area contributed by atoms with Gasteiger partial charge in [0.15, 0.2) is 18.0 Å². The number of aryl methyl sites for hydroxylation is 1. The molecule has 1 aromatic carbocycles. The number of anilines is 1. The fourth-order valence-electron chi connectivity index (χ4n) is 2.23. The summed E-state index contributed by atoms with van der Waals surface area (Å²) in [6.07, 6.45) is 3.76. The lowest BCUT2D eigenvalue weighted by molar-refractivity contribution is -0.118. The summed E-state index contributed by atoms with van der Waals surface area (Å²) in [5.74, 6) is 0.242. The van der Waals surface area contributed by atoms with Crippen LogP contribution in [0.4, 0.5) is 5.69 Å². The van der Waals surface area contributed by atoms with Crippen molar-refractivity contribution < 1.29 is 9.53 Å². The lowest BCUT2D eigenvalue weighted by Crippen LogP contribution is -2.20. The first-order chi connectivity index (χ1) is 11.2. The van der Waals surface area contributed by atoms with Gasteiger partial charge in [-0.25, -0.2) is 4.98 Å². The number of pyridine rings is 1. The van der Waals surface area contributed by atoms with Crippen molar-refractivity contribution in [1.29, 1.82) is 5.26 Å². The third-order valence-electron chi connectivity index (χ3n) is 3.20. The highest BCUT2D eigenvalue weighted by Gasteiger charge is 2.08. The Bertz CT molecular complexity index is 908. The fraction of sp³-hybridized carbons (Fsp3) is 0.118. The van der Waals surface area contributed by atoms with Gasteiger partial charge >= 0.3 is 0 Å². The van der Waals surface area contributed by atoms with E-state index in [0.717, 1.165) is 5.69 Å². The van der Waals surface area contributed by atoms with Crippen molar-refractivity contribution in [2.75, 3.05) is 11.9 Å². The molecule has 0 aliphatic rings. The number of nitrogens with zero attached hydrogens (tertiary/aromatic N) is 3. The topological polar surface area (TPSA) is 79.4 Å². The summed E-state index contributed by atoms with van der Waals surface area (Å²) >= 11 is 0. The van der Waals surface area contributed by atoms with Crippen molar-refractivity contribution in [3.8, 4) is 11.8 Å². The Morgan fingerprint density at radius 2 is 2.26 bits per heavy atom. The quantitative estimate of drug-likeness (QED) is 0.803. The van der Waals surface area contributed by atoms with Gasteiger partial charge in [-0.2, -0.15) is 5.26 Å². The monoisotopic (exact) mass is 306 g/mol. The maximum absolute atomic E-state index is 12.0. The second kappa shape index (κ2) is 6.20. The maximum atomic E-state index is 12.0. The lowest BCUT2D eigenvalue weighted by Gasteiger charge is -2.08. The van der Waals surface area contributed by atoms with Gasteiger partial charge in [0.05, 0.1) is 17.3 Å². The van der Waals surface area contributed by atoms with Crippen molar-refractivity contribution in [3.05, 3.63) is 60.0 Å². The highest BCUT2D eigenvalue weighted by Crippen LogP contribution is 2.18. The van der Waals surface area contributed by atoms with Crippen molar-refractivity contribution in [2.45, 2.75) is 6.92 Å². The Balaban J connectivity index is 1.67. The molecule has 0 saturated heterocycles. The van der Waals surface area contributed by atoms with E-state index < -0.39 is 0 Å². The number of rotatable bonds is 4. The molecule has 2 aromatic heterocycles. The maximum Gasteiger partial charge on any atom is 0.262 e. The molecule has 114 valence electrons. The minimum Gasteiger partial charge on any atom is -0.480 e. The lowest BCUT2D eigenvalue weighted by atomic mass is 10.2. The third kappa shape index (κ3) is 3.30. The molecule has 2 heterocycles. The highest BCUT2D eigenvalue weighted by atomic mass is 16.5. The molecule has 0 fully saturated rings. The van der Waals surface area contributed by atoms with E-state index in [1.807, 2.05) is 35.9 Å². The van der Waals surface area contributed by atoms with E-state index >= 15 is 0 Å². The first kappa shape index (κ1) is 14.6. The smallest absolute Gasteiger partial charge is 0.262 e. The van der Waals surface area contributed by atoms with Crippen molar-refractivity contribution in [1.82, 2.24) is 9.38 Å². The zero-order valence-electron chi connectivity index (χ0n) is 12.5. The van der Waals surface area contributed by atoms with Crippen LogP contribution in [-0.2, 0) is 4.79 Å². The van der Waals surface area contributed by atoms with Gasteiger partial charge in [-0.1, -0.05) is 6.07 Å². The molecule has 0 saturated carbocycles. The Kier molecular flexibility index (Phi) is 3.93. The van der Waals surface area contributed by atoms with Crippen LogP contribution >= 0.6 is 0 Å². The molecule has 3 rings (SSSR count). The first-order valence-corrected chi connectivity index (χ1v) is 7.03. The van der Waals surface area contributed by atoms with E-state index in [9.17, 15) is 4.79 Å². The SMILES string of the molecule is Cc1cn2cccc(OCC(=O)Nc3cccc(C#N)c3)c2n1. The van der Waals surface area contributed by atoms with Crippen LogP contribution in [0.15, 0.2) is 48.8 Å². The summed E-state index contributed by atoms with van der Waals surface area (Å²) in [5, 5.41) is 11.6. The number of imidazole rings is 1. The number of carbonyl (C=O) groups excluding carboxylic acids is 1. The minimum atomic E-state index is -0.301. The van der Waals surface area contributed by atoms with Crippen LogP contribution in [0.25, 0.3) is 5.65 Å². The van der Waals surface area contributed by atoms with Gasteiger partial charge in [0.2, 0.25) is 0 Å². The van der Waals surface area contributed by atoms with Crippen LogP contribution in [0.5, 0.6) is 5.75 Å². The predicted molar refractivity (Wildman–Crippen MR) is 85.2 cm³/mol. The molecule has 1 N–H and O–H groups in total. The largest absolute Gasteiger partial charge is 0.480 e. The molecule has 0 bridgehead atoms. The number of hydrogen-bond acceptors (Lipinski definition) is 4. The van der Waals surface area contributed by atoms with E-state index in [4.69, 9.17) is 10.00 Å². The van der Waals surface area contributed by atoms with Gasteiger partial charge in [-0.15, -0.1) is 0 Å². The van der Waals surface area contributed by atoms with Crippen LogP contribution in [0, 0.1) is 18.3 Å². The molecule has 3 aromatic rings. The van der Waals surface area contributed by atoms with Gasteiger partial charge in [-0.3, -0.25) is 4.79 Å². The number of ether oxygens (including phenoxy) is 1. The molecule has 0 aliphatic heterocycles. The number of benzene rings is 1. The molecule has 0 aliphatic carbocycles. The Morgan fingerprint density at radius 3 is 3.09 bits per heavy atom. The van der Waals surface area contributed by atoms with Gasteiger partial charge < -0.3 is 14.5 Å². The van der Waals surface area contributed by atoms with Crippen LogP contribution in [0.2, 0.25) is 0 Å². The standard InChI is InChI=1S/C17H14N4O2/c1-12-10-21-7-3-6-15(17(21)19-12)23-11-16(22)20-14-5-2-4-13(8-14)9-18/h2-8,10H,11H2,1H3,(H,20,22). The molecule has 1 amide bonds. The molecular formula is C17H14N4O2. The summed E-state index contributed by atoms with van der Waals surface area (Å²) < 4.78 is 7.41. The summed E-state index contributed by atoms with van der Waals surface area (Å²) in [7, 11) is 0. The van der Waals surface area contributed by atoms with Gasteiger partial charge in [0.1, 0.15) is 0 Å². The summed E-state index contributed by atoms with van der Waals surface area (Å²) in [5.41, 5.74) is 2.59. The van der Waals surface area contributed by atoms with Gasteiger partial charge in [-0.05, 0) is 37.3 Å². The molecule has 0 atom stereocenters. The van der Waals surface area contributed by atoms with E-state index in [2.05, 4.69) is 10.3 Å². The second-order valence-electron chi connectivity index (χ2n) is 5.02. The van der Waals surface area contributed by atoms with Crippen molar-refractivity contribution in [3.63, 3.8) is 0 Å². The molecule has 23 heavy (non-hydrogen) atoms. The number of aromatic nitrogens is 2. The van der Waals surface area contributed by atoms with Crippen LogP contribution < -0.4 is 10.1 Å². The Labute approximate surface area is 133 Å². The average molecular weight is 306 g/mol. The van der Waals surface area contributed by atoms with Crippen molar-refractivity contribution >= 4 is 17.2 Å². The van der Waals surface area contributed by atoms with E-state index in [-0.39, 0.29) is 12.5 Å². The van der Waals surface area contributed by atoms with E-state index in [0.29, 0.717) is 22.6 Å². The van der Waals surface area contributed by atoms with E-state index in [1.54, 1.807) is 30.3 Å². The molecule has 0 unspecified atom stereocenters. The summed E-state index contributed by atoms with van der Waals surface area (Å²) in [6, 6.07) is 12.3. The molecule has 6 nitrogen and oxygen atoms in total. The summed E-state index contributed by atoms with van der Waals surface area (Å²) in [6.45, 7) is 1.76. The third-order valence-corrected chi connectivity index (χ3v) is 3.20. The predicted octanol–water partition coefficient (Wildman–Crippen LogP) is 2.53. The van der Waals surface area contributed by atoms with Crippen LogP contribution in [-0.4, -0.2) is 21.9 Å². The van der Waals surface area contributed by atoms with Crippen LogP contribution in [0.1, 0.15) is 11.3 Å². The van der Waals surface area contributed by atoms with Gasteiger partial charge in [0.25, 0.3) is 5.91 Å². The zero-order chi connectivity index (χ0) is 16.2. The number of hydrogen-bond donors (Lipinski definition) is 1. The Hall–Kier alpha value is -3.33. The number of carbonyl (C=O) groups is 1. The summed E-state index contributed by atoms with van der Waals surface area (Å²) in [4.78, 5) is 16.3. The first-order valence-electron chi connectivity index (χ1n) is 7.03. The molecule has 0 radical (unpaired) electrons. The normalized spacial score (nSPS) is 10.3. The highest BCUT2D eigenvalue weighted by molar-refractivity contribution is 5.92. The number of fused-ring (bicyclic) bond motifs is 1. The van der Waals surface area contributed by atoms with E-state index in [1.165, 1.54) is 0 Å². The Morgan fingerprint density at radius 1 is 1.39 bits per heavy atom. The minimum absolute atomic E-state index is 0.137. The average Bonchev–Trinajstić information content (AvgIpc) is 2.93. The number of nitrogens with one attached hydrogen (secondary N) is 1. The second-order valence-corrected chi connectivity index (χ2v) is 5.02. The number of amides is 1. The van der Waals surface area contributed by atoms with Gasteiger partial charge in [0, 0.05) is 18.1 Å². The van der Waals surface area contributed by atoms with Crippen molar-refractivity contribution in [2.24, 2.45) is 0 Å². The zero-order valence-corrected chi connectivity index (χ0v) is 12.5.